The summed E-state index contributed by atoms with van der Waals surface area (Å²) < 4.78 is 0. The van der Waals surface area contributed by atoms with Crippen LogP contribution in [0.4, 0.5) is 10.5 Å². The first kappa shape index (κ1) is 21.7. The SMILES string of the molecule is CCSCc1ccc(C(=NNC(=O)Nc2ccc(Cl)cc2)c2ccc(Cl)cc2)s1. The molecule has 0 fully saturated rings. The monoisotopic (exact) mass is 463 g/mol. The number of amides is 2. The number of hydrogen-bond acceptors (Lipinski definition) is 4. The number of carbonyl (C=O) groups is 1. The normalized spacial score (nSPS) is 11.3. The number of hydrazone groups is 1. The molecule has 3 rings (SSSR count). The third kappa shape index (κ3) is 6.51. The smallest absolute Gasteiger partial charge is 0.307 e. The molecule has 2 amide bonds. The second-order valence-electron chi connectivity index (χ2n) is 5.94. The van der Waals surface area contributed by atoms with Crippen LogP contribution in [-0.2, 0) is 5.75 Å². The lowest BCUT2D eigenvalue weighted by Gasteiger charge is -2.08. The number of thioether (sulfide) groups is 1. The van der Waals surface area contributed by atoms with Crippen molar-refractivity contribution in [2.24, 2.45) is 5.10 Å². The number of rotatable bonds is 7. The number of thiophene rings is 1. The highest BCUT2D eigenvalue weighted by Crippen LogP contribution is 2.25. The van der Waals surface area contributed by atoms with Gasteiger partial charge in [-0.2, -0.15) is 16.9 Å². The van der Waals surface area contributed by atoms with E-state index in [0.717, 1.165) is 21.9 Å². The van der Waals surface area contributed by atoms with Crippen LogP contribution in [0, 0.1) is 0 Å². The molecule has 1 heterocycles. The van der Waals surface area contributed by atoms with Gasteiger partial charge in [0.05, 0.1) is 4.88 Å². The number of urea groups is 1. The first-order valence-electron chi connectivity index (χ1n) is 8.88. The van der Waals surface area contributed by atoms with Crippen LogP contribution < -0.4 is 10.7 Å². The number of benzene rings is 2. The van der Waals surface area contributed by atoms with E-state index in [1.165, 1.54) is 4.88 Å². The highest BCUT2D eigenvalue weighted by molar-refractivity contribution is 7.98. The first-order valence-corrected chi connectivity index (χ1v) is 11.6. The van der Waals surface area contributed by atoms with Crippen molar-refractivity contribution < 1.29 is 4.79 Å². The van der Waals surface area contributed by atoms with Gasteiger partial charge in [0.2, 0.25) is 0 Å². The van der Waals surface area contributed by atoms with Gasteiger partial charge in [0.15, 0.2) is 0 Å². The van der Waals surface area contributed by atoms with Gasteiger partial charge in [-0.05, 0) is 54.3 Å². The first-order chi connectivity index (χ1) is 14.0. The van der Waals surface area contributed by atoms with Crippen LogP contribution in [0.25, 0.3) is 0 Å². The maximum atomic E-state index is 12.3. The van der Waals surface area contributed by atoms with Crippen molar-refractivity contribution in [3.63, 3.8) is 0 Å². The van der Waals surface area contributed by atoms with E-state index in [4.69, 9.17) is 23.2 Å². The molecule has 1 aromatic heterocycles. The topological polar surface area (TPSA) is 53.5 Å². The Labute approximate surface area is 188 Å². The van der Waals surface area contributed by atoms with Gasteiger partial charge in [0, 0.05) is 31.9 Å². The quantitative estimate of drug-likeness (QED) is 0.296. The fourth-order valence-electron chi connectivity index (χ4n) is 2.45. The van der Waals surface area contributed by atoms with E-state index < -0.39 is 6.03 Å². The van der Waals surface area contributed by atoms with E-state index in [0.29, 0.717) is 21.4 Å². The predicted molar refractivity (Wildman–Crippen MR) is 127 cm³/mol. The fourth-order valence-corrected chi connectivity index (χ4v) is 4.51. The molecule has 150 valence electrons. The van der Waals surface area contributed by atoms with Crippen LogP contribution in [0.15, 0.2) is 65.8 Å². The lowest BCUT2D eigenvalue weighted by Crippen LogP contribution is -2.25. The Balaban J connectivity index is 1.80. The molecule has 0 aliphatic rings. The lowest BCUT2D eigenvalue weighted by atomic mass is 10.1. The van der Waals surface area contributed by atoms with E-state index in [1.54, 1.807) is 35.6 Å². The Bertz CT molecular complexity index is 986. The predicted octanol–water partition coefficient (Wildman–Crippen LogP) is 6.88. The molecule has 0 aliphatic heterocycles. The summed E-state index contributed by atoms with van der Waals surface area (Å²) in [6.07, 6.45) is 0. The van der Waals surface area contributed by atoms with Crippen LogP contribution in [0.5, 0.6) is 0 Å². The van der Waals surface area contributed by atoms with E-state index in [9.17, 15) is 4.79 Å². The number of nitrogens with one attached hydrogen (secondary N) is 2. The van der Waals surface area contributed by atoms with Crippen molar-refractivity contribution in [2.75, 3.05) is 11.1 Å². The number of anilines is 1. The fraction of sp³-hybridized carbons (Fsp3) is 0.143. The highest BCUT2D eigenvalue weighted by atomic mass is 35.5. The summed E-state index contributed by atoms with van der Waals surface area (Å²) in [6, 6.07) is 18.0. The van der Waals surface area contributed by atoms with Crippen molar-refractivity contribution in [1.82, 2.24) is 5.43 Å². The minimum atomic E-state index is -0.433. The molecule has 0 aliphatic carbocycles. The van der Waals surface area contributed by atoms with Gasteiger partial charge in [-0.15, -0.1) is 11.3 Å². The molecule has 4 nitrogen and oxygen atoms in total. The number of halogens is 2. The Hall–Kier alpha value is -1.99. The van der Waals surface area contributed by atoms with Crippen molar-refractivity contribution in [3.8, 4) is 0 Å². The second-order valence-corrected chi connectivity index (χ2v) is 9.26. The highest BCUT2D eigenvalue weighted by Gasteiger charge is 2.12. The molecule has 0 atom stereocenters. The lowest BCUT2D eigenvalue weighted by molar-refractivity contribution is 0.252. The zero-order valence-electron chi connectivity index (χ0n) is 15.6. The minimum absolute atomic E-state index is 0.433. The molecular weight excluding hydrogens is 445 g/mol. The van der Waals surface area contributed by atoms with Gasteiger partial charge in [-0.3, -0.25) is 0 Å². The van der Waals surface area contributed by atoms with E-state index in [1.807, 2.05) is 42.1 Å². The van der Waals surface area contributed by atoms with Crippen molar-refractivity contribution >= 4 is 63.7 Å². The van der Waals surface area contributed by atoms with Crippen LogP contribution >= 0.6 is 46.3 Å². The Kier molecular flexibility index (Phi) is 8.00. The van der Waals surface area contributed by atoms with Gasteiger partial charge in [0.1, 0.15) is 5.71 Å². The summed E-state index contributed by atoms with van der Waals surface area (Å²) in [7, 11) is 0. The van der Waals surface area contributed by atoms with Crippen LogP contribution in [-0.4, -0.2) is 17.5 Å². The molecule has 0 radical (unpaired) electrons. The van der Waals surface area contributed by atoms with Gasteiger partial charge in [0.25, 0.3) is 0 Å². The molecule has 2 N–H and O–H groups in total. The van der Waals surface area contributed by atoms with Crippen molar-refractivity contribution in [3.05, 3.63) is 86.0 Å². The molecular formula is C21H19Cl2N3OS2. The molecule has 0 saturated carbocycles. The summed E-state index contributed by atoms with van der Waals surface area (Å²) in [6.45, 7) is 2.14. The van der Waals surface area contributed by atoms with Crippen LogP contribution in [0.1, 0.15) is 22.2 Å². The maximum absolute atomic E-state index is 12.3. The van der Waals surface area contributed by atoms with Crippen LogP contribution in [0.2, 0.25) is 10.0 Å². The zero-order chi connectivity index (χ0) is 20.6. The second kappa shape index (κ2) is 10.7. The number of carbonyl (C=O) groups excluding carboxylic acids is 1. The minimum Gasteiger partial charge on any atom is -0.307 e. The standard InChI is InChI=1S/C21H19Cl2N3OS2/c1-2-28-13-18-11-12-19(29-18)20(14-3-5-15(22)6-4-14)25-26-21(27)24-17-9-7-16(23)8-10-17/h3-12H,2,13H2,1H3,(H2,24,26,27). The van der Waals surface area contributed by atoms with Gasteiger partial charge >= 0.3 is 6.03 Å². The molecule has 29 heavy (non-hydrogen) atoms. The molecule has 0 bridgehead atoms. The summed E-state index contributed by atoms with van der Waals surface area (Å²) in [5, 5.41) is 8.37. The average Bonchev–Trinajstić information content (AvgIpc) is 3.18. The average molecular weight is 464 g/mol. The molecule has 8 heteroatoms. The van der Waals surface area contributed by atoms with Crippen LogP contribution in [0.3, 0.4) is 0 Å². The van der Waals surface area contributed by atoms with E-state index in [2.05, 4.69) is 28.8 Å². The number of nitrogens with zero attached hydrogens (tertiary/aromatic N) is 1. The largest absolute Gasteiger partial charge is 0.339 e. The Morgan fingerprint density at radius 3 is 2.31 bits per heavy atom. The Morgan fingerprint density at radius 1 is 1.00 bits per heavy atom. The molecule has 0 saturated heterocycles. The third-order valence-corrected chi connectivity index (χ3v) is 6.53. The van der Waals surface area contributed by atoms with E-state index >= 15 is 0 Å². The van der Waals surface area contributed by atoms with Gasteiger partial charge in [-0.25, -0.2) is 10.2 Å². The molecule has 0 spiro atoms. The van der Waals surface area contributed by atoms with E-state index in [-0.39, 0.29) is 0 Å². The maximum Gasteiger partial charge on any atom is 0.339 e. The zero-order valence-corrected chi connectivity index (χ0v) is 18.8. The summed E-state index contributed by atoms with van der Waals surface area (Å²) in [4.78, 5) is 14.5. The third-order valence-electron chi connectivity index (χ3n) is 3.83. The summed E-state index contributed by atoms with van der Waals surface area (Å²) in [5.41, 5.74) is 4.77. The number of hydrogen-bond donors (Lipinski definition) is 2. The summed E-state index contributed by atoms with van der Waals surface area (Å²) in [5.74, 6) is 2.03. The summed E-state index contributed by atoms with van der Waals surface area (Å²) >= 11 is 15.4. The van der Waals surface area contributed by atoms with Crippen molar-refractivity contribution in [1.29, 1.82) is 0 Å². The molecule has 3 aromatic rings. The molecule has 0 unspecified atom stereocenters. The van der Waals surface area contributed by atoms with Gasteiger partial charge < -0.3 is 5.32 Å². The molecule has 2 aromatic carbocycles. The van der Waals surface area contributed by atoms with Gasteiger partial charge in [-0.1, -0.05) is 42.3 Å². The Morgan fingerprint density at radius 2 is 1.66 bits per heavy atom. The van der Waals surface area contributed by atoms with Crippen molar-refractivity contribution in [2.45, 2.75) is 12.7 Å².